The fourth-order valence-corrected chi connectivity index (χ4v) is 3.40. The Balaban J connectivity index is 1.36. The van der Waals surface area contributed by atoms with E-state index in [1.54, 1.807) is 12.4 Å². The van der Waals surface area contributed by atoms with Gasteiger partial charge in [-0.15, -0.1) is 0 Å². The van der Waals surface area contributed by atoms with Crippen LogP contribution in [0, 0.1) is 6.92 Å². The molecule has 0 N–H and O–H groups in total. The zero-order valence-electron chi connectivity index (χ0n) is 18.6. The number of aromatic nitrogens is 5. The Morgan fingerprint density at radius 3 is 2.53 bits per heavy atom. The van der Waals surface area contributed by atoms with Crippen LogP contribution in [0.1, 0.15) is 43.4 Å². The van der Waals surface area contributed by atoms with E-state index in [1.807, 2.05) is 38.4 Å². The van der Waals surface area contributed by atoms with Gasteiger partial charge in [0.1, 0.15) is 12.4 Å². The molecule has 0 aromatic carbocycles. The van der Waals surface area contributed by atoms with E-state index in [0.29, 0.717) is 17.5 Å². The number of hydrogen-bond acceptors (Lipinski definition) is 9. The molecule has 1 aliphatic heterocycles. The molecular formula is C23H27N7O2. The van der Waals surface area contributed by atoms with Gasteiger partial charge in [-0.25, -0.2) is 15.0 Å². The Labute approximate surface area is 187 Å². The lowest BCUT2D eigenvalue weighted by Gasteiger charge is -2.32. The summed E-state index contributed by atoms with van der Waals surface area (Å²) in [7, 11) is 0. The minimum Gasteiger partial charge on any atom is -0.474 e. The molecular weight excluding hydrogens is 406 g/mol. The minimum absolute atomic E-state index is 0.0586. The molecule has 1 saturated heterocycles. The van der Waals surface area contributed by atoms with E-state index in [0.717, 1.165) is 55.0 Å². The lowest BCUT2D eigenvalue weighted by atomic mass is 10.1. The third-order valence-electron chi connectivity index (χ3n) is 5.44. The maximum absolute atomic E-state index is 6.18. The van der Waals surface area contributed by atoms with E-state index in [1.165, 1.54) is 6.33 Å². The van der Waals surface area contributed by atoms with Gasteiger partial charge in [-0.3, -0.25) is 4.98 Å². The first kappa shape index (κ1) is 21.6. The van der Waals surface area contributed by atoms with Crippen molar-refractivity contribution in [3.05, 3.63) is 59.9 Å². The SMILES string of the molecule is CCc1cnc(N2CCC(Oc3ncnc(ON=C(C)c4cccnc4)c3C)CC2)nc1. The predicted molar refractivity (Wildman–Crippen MR) is 121 cm³/mol. The summed E-state index contributed by atoms with van der Waals surface area (Å²) in [6.07, 6.45) is 11.4. The van der Waals surface area contributed by atoms with E-state index in [9.17, 15) is 0 Å². The lowest BCUT2D eigenvalue weighted by Crippen LogP contribution is -2.39. The maximum atomic E-state index is 6.18. The van der Waals surface area contributed by atoms with Crippen LogP contribution >= 0.6 is 0 Å². The molecule has 32 heavy (non-hydrogen) atoms. The van der Waals surface area contributed by atoms with Crippen molar-refractivity contribution in [3.63, 3.8) is 0 Å². The number of aryl methyl sites for hydroxylation is 1. The molecule has 0 bridgehead atoms. The lowest BCUT2D eigenvalue weighted by molar-refractivity contribution is 0.160. The number of piperidine rings is 1. The van der Waals surface area contributed by atoms with Crippen molar-refractivity contribution in [1.29, 1.82) is 0 Å². The molecule has 0 atom stereocenters. The topological polar surface area (TPSA) is 98.5 Å². The monoisotopic (exact) mass is 433 g/mol. The van der Waals surface area contributed by atoms with Gasteiger partial charge in [0.15, 0.2) is 0 Å². The molecule has 0 spiro atoms. The van der Waals surface area contributed by atoms with Crippen LogP contribution in [0.3, 0.4) is 0 Å². The normalized spacial score (nSPS) is 15.0. The van der Waals surface area contributed by atoms with Crippen LogP contribution in [0.4, 0.5) is 5.95 Å². The minimum atomic E-state index is 0.0586. The fraction of sp³-hybridized carbons (Fsp3) is 0.391. The zero-order chi connectivity index (χ0) is 22.3. The molecule has 0 radical (unpaired) electrons. The number of anilines is 1. The van der Waals surface area contributed by atoms with Crippen LogP contribution in [0.15, 0.2) is 48.4 Å². The highest BCUT2D eigenvalue weighted by Gasteiger charge is 2.24. The third kappa shape index (κ3) is 5.16. The van der Waals surface area contributed by atoms with Crippen LogP contribution in [-0.4, -0.2) is 49.8 Å². The predicted octanol–water partition coefficient (Wildman–Crippen LogP) is 3.38. The van der Waals surface area contributed by atoms with Crippen molar-refractivity contribution in [2.24, 2.45) is 5.16 Å². The van der Waals surface area contributed by atoms with Gasteiger partial charge in [0.2, 0.25) is 11.8 Å². The molecule has 4 rings (SSSR count). The molecule has 3 aromatic rings. The summed E-state index contributed by atoms with van der Waals surface area (Å²) >= 11 is 0. The highest BCUT2D eigenvalue weighted by Crippen LogP contribution is 2.26. The van der Waals surface area contributed by atoms with Crippen molar-refractivity contribution < 1.29 is 9.57 Å². The standard InChI is InChI=1S/C23H27N7O2/c1-4-18-12-25-23(26-13-18)30-10-7-20(8-11-30)31-21-16(2)22(28-15-27-21)32-29-17(3)19-6-5-9-24-14-19/h5-6,9,12-15,20H,4,7-8,10-11H2,1-3H3. The Bertz CT molecular complexity index is 1050. The average molecular weight is 434 g/mol. The van der Waals surface area contributed by atoms with E-state index >= 15 is 0 Å². The molecule has 0 saturated carbocycles. The second-order valence-electron chi connectivity index (χ2n) is 7.67. The van der Waals surface area contributed by atoms with Gasteiger partial charge in [0, 0.05) is 56.3 Å². The summed E-state index contributed by atoms with van der Waals surface area (Å²) in [5, 5.41) is 4.18. The molecule has 9 heteroatoms. The van der Waals surface area contributed by atoms with Crippen molar-refractivity contribution in [2.75, 3.05) is 18.0 Å². The second kappa shape index (κ2) is 10.1. The van der Waals surface area contributed by atoms with Crippen molar-refractivity contribution in [2.45, 2.75) is 46.1 Å². The largest absolute Gasteiger partial charge is 0.474 e. The average Bonchev–Trinajstić information content (AvgIpc) is 2.85. The van der Waals surface area contributed by atoms with Gasteiger partial charge < -0.3 is 14.5 Å². The number of nitrogens with zero attached hydrogens (tertiary/aromatic N) is 7. The van der Waals surface area contributed by atoms with Gasteiger partial charge in [-0.1, -0.05) is 12.1 Å². The van der Waals surface area contributed by atoms with E-state index in [-0.39, 0.29) is 6.10 Å². The van der Waals surface area contributed by atoms with Gasteiger partial charge >= 0.3 is 0 Å². The fourth-order valence-electron chi connectivity index (χ4n) is 3.40. The van der Waals surface area contributed by atoms with E-state index in [4.69, 9.17) is 9.57 Å². The first-order valence-electron chi connectivity index (χ1n) is 10.8. The first-order valence-corrected chi connectivity index (χ1v) is 10.8. The molecule has 3 aromatic heterocycles. The molecule has 4 heterocycles. The Morgan fingerprint density at radius 1 is 1.09 bits per heavy atom. The van der Waals surface area contributed by atoms with Gasteiger partial charge in [-0.2, -0.15) is 4.98 Å². The highest BCUT2D eigenvalue weighted by molar-refractivity contribution is 5.98. The summed E-state index contributed by atoms with van der Waals surface area (Å²) in [5.41, 5.74) is 3.45. The van der Waals surface area contributed by atoms with Crippen LogP contribution < -0.4 is 14.5 Å². The summed E-state index contributed by atoms with van der Waals surface area (Å²) < 4.78 is 6.18. The van der Waals surface area contributed by atoms with Crippen LogP contribution in [-0.2, 0) is 6.42 Å². The number of pyridine rings is 1. The van der Waals surface area contributed by atoms with Crippen molar-refractivity contribution in [1.82, 2.24) is 24.9 Å². The Kier molecular flexibility index (Phi) is 6.84. The van der Waals surface area contributed by atoms with Crippen LogP contribution in [0.5, 0.6) is 11.8 Å². The van der Waals surface area contributed by atoms with Crippen LogP contribution in [0.2, 0.25) is 0 Å². The van der Waals surface area contributed by atoms with Gasteiger partial charge in [0.05, 0.1) is 11.3 Å². The van der Waals surface area contributed by atoms with Crippen molar-refractivity contribution in [3.8, 4) is 11.8 Å². The van der Waals surface area contributed by atoms with E-state index in [2.05, 4.69) is 41.9 Å². The Morgan fingerprint density at radius 2 is 1.84 bits per heavy atom. The molecule has 0 amide bonds. The summed E-state index contributed by atoms with van der Waals surface area (Å²) in [6, 6.07) is 3.78. The number of rotatable bonds is 7. The van der Waals surface area contributed by atoms with Gasteiger partial charge in [0.25, 0.3) is 5.88 Å². The number of hydrogen-bond donors (Lipinski definition) is 0. The van der Waals surface area contributed by atoms with Crippen LogP contribution in [0.25, 0.3) is 0 Å². The molecule has 0 unspecified atom stereocenters. The zero-order valence-corrected chi connectivity index (χ0v) is 18.6. The number of ether oxygens (including phenoxy) is 1. The van der Waals surface area contributed by atoms with Crippen molar-refractivity contribution >= 4 is 11.7 Å². The summed E-state index contributed by atoms with van der Waals surface area (Å²) in [6.45, 7) is 7.49. The summed E-state index contributed by atoms with van der Waals surface area (Å²) in [5.74, 6) is 1.67. The van der Waals surface area contributed by atoms with Gasteiger partial charge in [-0.05, 0) is 38.0 Å². The third-order valence-corrected chi connectivity index (χ3v) is 5.44. The number of oxime groups is 1. The molecule has 9 nitrogen and oxygen atoms in total. The second-order valence-corrected chi connectivity index (χ2v) is 7.67. The molecule has 0 aliphatic carbocycles. The first-order chi connectivity index (χ1) is 15.6. The maximum Gasteiger partial charge on any atom is 0.258 e. The smallest absolute Gasteiger partial charge is 0.258 e. The molecule has 1 fully saturated rings. The molecule has 166 valence electrons. The highest BCUT2D eigenvalue weighted by atomic mass is 16.6. The summed E-state index contributed by atoms with van der Waals surface area (Å²) in [4.78, 5) is 29.3. The molecule has 1 aliphatic rings. The quantitative estimate of drug-likeness (QED) is 0.413. The van der Waals surface area contributed by atoms with E-state index < -0.39 is 0 Å². The Hall–Kier alpha value is -3.62.